The van der Waals surface area contributed by atoms with Gasteiger partial charge in [-0.1, -0.05) is 6.07 Å². The van der Waals surface area contributed by atoms with Crippen LogP contribution in [0, 0.1) is 0 Å². The fraction of sp³-hybridized carbons (Fsp3) is 0.100. The number of nitrogens with zero attached hydrogens (tertiary/aromatic N) is 2. The molecule has 1 aromatic heterocycles. The van der Waals surface area contributed by atoms with Crippen molar-refractivity contribution in [1.82, 2.24) is 4.57 Å². The smallest absolute Gasteiger partial charge is 0.248 e. The van der Waals surface area contributed by atoms with Gasteiger partial charge in [-0.3, -0.25) is 0 Å². The monoisotopic (exact) mass is 175 g/mol. The Labute approximate surface area is 76.5 Å². The molecule has 1 heterocycles. The third-order valence-corrected chi connectivity index (χ3v) is 1.90. The van der Waals surface area contributed by atoms with Gasteiger partial charge in [0.15, 0.2) is 0 Å². The molecule has 1 aromatic carbocycles. The third kappa shape index (κ3) is 1.54. The highest BCUT2D eigenvalue weighted by Gasteiger charge is 2.03. The third-order valence-electron chi connectivity index (χ3n) is 1.90. The maximum absolute atomic E-state index is 9.26. The molecule has 0 aliphatic rings. The average Bonchev–Trinajstić information content (AvgIpc) is 2.52. The number of hydrogen-bond acceptors (Lipinski definition) is 1. The fourth-order valence-electron chi connectivity index (χ4n) is 1.26. The number of imidazole rings is 1. The van der Waals surface area contributed by atoms with Crippen molar-refractivity contribution in [2.24, 2.45) is 7.05 Å². The van der Waals surface area contributed by atoms with E-state index in [1.807, 2.05) is 47.0 Å². The summed E-state index contributed by atoms with van der Waals surface area (Å²) in [5.74, 6) is 0.286. The predicted octanol–water partition coefficient (Wildman–Crippen LogP) is 1.01. The summed E-state index contributed by atoms with van der Waals surface area (Å²) in [6.45, 7) is 0. The summed E-state index contributed by atoms with van der Waals surface area (Å²) in [5, 5.41) is 9.26. The standard InChI is InChI=1S/C10H10N2O/c1-11-5-6-12(8-11)9-3-2-4-10(13)7-9/h2-8H,1H3/p+1. The summed E-state index contributed by atoms with van der Waals surface area (Å²) in [4.78, 5) is 0. The molecule has 3 heteroatoms. The van der Waals surface area contributed by atoms with Crippen molar-refractivity contribution in [3.8, 4) is 11.4 Å². The largest absolute Gasteiger partial charge is 0.508 e. The molecule has 0 saturated heterocycles. The van der Waals surface area contributed by atoms with Crippen LogP contribution in [0.1, 0.15) is 0 Å². The van der Waals surface area contributed by atoms with E-state index in [0.29, 0.717) is 0 Å². The highest BCUT2D eigenvalue weighted by atomic mass is 16.3. The predicted molar refractivity (Wildman–Crippen MR) is 48.6 cm³/mol. The summed E-state index contributed by atoms with van der Waals surface area (Å²) in [5.41, 5.74) is 0.959. The van der Waals surface area contributed by atoms with Crippen LogP contribution in [0.15, 0.2) is 43.0 Å². The normalized spacial score (nSPS) is 10.2. The van der Waals surface area contributed by atoms with Crippen LogP contribution in [0.25, 0.3) is 5.69 Å². The lowest BCUT2D eigenvalue weighted by Crippen LogP contribution is -2.23. The molecule has 0 aliphatic heterocycles. The zero-order valence-corrected chi connectivity index (χ0v) is 7.38. The highest BCUT2D eigenvalue weighted by molar-refractivity contribution is 5.37. The molecule has 2 rings (SSSR count). The van der Waals surface area contributed by atoms with Gasteiger partial charge in [0, 0.05) is 6.07 Å². The van der Waals surface area contributed by atoms with E-state index in [2.05, 4.69) is 0 Å². The van der Waals surface area contributed by atoms with Crippen LogP contribution < -0.4 is 4.57 Å². The molecule has 0 fully saturated rings. The molecule has 2 aromatic rings. The maximum Gasteiger partial charge on any atom is 0.248 e. The molecular formula is C10H11N2O+. The highest BCUT2D eigenvalue weighted by Crippen LogP contribution is 2.13. The van der Waals surface area contributed by atoms with Gasteiger partial charge in [0.2, 0.25) is 6.33 Å². The lowest BCUT2D eigenvalue weighted by atomic mass is 10.3. The minimum atomic E-state index is 0.286. The zero-order chi connectivity index (χ0) is 9.26. The van der Waals surface area contributed by atoms with Gasteiger partial charge in [0.05, 0.1) is 7.05 Å². The lowest BCUT2D eigenvalue weighted by Gasteiger charge is -1.95. The number of aryl methyl sites for hydroxylation is 1. The summed E-state index contributed by atoms with van der Waals surface area (Å²) < 4.78 is 3.89. The van der Waals surface area contributed by atoms with Crippen LogP contribution in [-0.4, -0.2) is 9.67 Å². The Morgan fingerprint density at radius 2 is 2.23 bits per heavy atom. The molecule has 0 radical (unpaired) electrons. The van der Waals surface area contributed by atoms with Crippen molar-refractivity contribution in [3.05, 3.63) is 43.0 Å². The molecule has 0 spiro atoms. The molecule has 13 heavy (non-hydrogen) atoms. The summed E-state index contributed by atoms with van der Waals surface area (Å²) >= 11 is 0. The van der Waals surface area contributed by atoms with Gasteiger partial charge in [-0.25, -0.2) is 9.13 Å². The molecule has 66 valence electrons. The van der Waals surface area contributed by atoms with Gasteiger partial charge in [-0.15, -0.1) is 0 Å². The van der Waals surface area contributed by atoms with Crippen LogP contribution >= 0.6 is 0 Å². The first kappa shape index (κ1) is 7.86. The van der Waals surface area contributed by atoms with E-state index in [-0.39, 0.29) is 5.75 Å². The van der Waals surface area contributed by atoms with Crippen LogP contribution in [0.3, 0.4) is 0 Å². The van der Waals surface area contributed by atoms with Crippen LogP contribution in [0.4, 0.5) is 0 Å². The Hall–Kier alpha value is -1.77. The van der Waals surface area contributed by atoms with Gasteiger partial charge in [0.25, 0.3) is 0 Å². The average molecular weight is 175 g/mol. The van der Waals surface area contributed by atoms with E-state index in [9.17, 15) is 5.11 Å². The number of aromatic nitrogens is 2. The number of phenols is 1. The molecule has 1 N–H and O–H groups in total. The van der Waals surface area contributed by atoms with E-state index >= 15 is 0 Å². The summed E-state index contributed by atoms with van der Waals surface area (Å²) in [6.07, 6.45) is 5.83. The molecule has 0 atom stereocenters. The number of phenolic OH excluding ortho intramolecular Hbond substituents is 1. The first-order valence-corrected chi connectivity index (χ1v) is 4.08. The first-order chi connectivity index (χ1) is 6.25. The molecule has 0 saturated carbocycles. The number of hydrogen-bond donors (Lipinski definition) is 1. The minimum absolute atomic E-state index is 0.286. The van der Waals surface area contributed by atoms with Gasteiger partial charge < -0.3 is 5.11 Å². The summed E-state index contributed by atoms with van der Waals surface area (Å²) in [7, 11) is 1.96. The second kappa shape index (κ2) is 2.94. The molecule has 3 nitrogen and oxygen atoms in total. The van der Waals surface area contributed by atoms with Crippen molar-refractivity contribution in [3.63, 3.8) is 0 Å². The van der Waals surface area contributed by atoms with Gasteiger partial charge >= 0.3 is 0 Å². The van der Waals surface area contributed by atoms with E-state index in [4.69, 9.17) is 0 Å². The van der Waals surface area contributed by atoms with Crippen LogP contribution in [0.2, 0.25) is 0 Å². The van der Waals surface area contributed by atoms with Crippen molar-refractivity contribution in [2.75, 3.05) is 0 Å². The number of rotatable bonds is 1. The Bertz CT molecular complexity index is 420. The first-order valence-electron chi connectivity index (χ1n) is 4.08. The van der Waals surface area contributed by atoms with Crippen molar-refractivity contribution >= 4 is 0 Å². The second-order valence-electron chi connectivity index (χ2n) is 3.01. The molecule has 0 unspecified atom stereocenters. The Morgan fingerprint density at radius 3 is 2.85 bits per heavy atom. The van der Waals surface area contributed by atoms with E-state index < -0.39 is 0 Å². The lowest BCUT2D eigenvalue weighted by molar-refractivity contribution is -0.670. The molecule has 0 aliphatic carbocycles. The Morgan fingerprint density at radius 1 is 1.38 bits per heavy atom. The van der Waals surface area contributed by atoms with E-state index in [0.717, 1.165) is 5.69 Å². The zero-order valence-electron chi connectivity index (χ0n) is 7.38. The Balaban J connectivity index is 2.46. The van der Waals surface area contributed by atoms with E-state index in [1.165, 1.54) is 0 Å². The van der Waals surface area contributed by atoms with Gasteiger partial charge in [-0.05, 0) is 12.1 Å². The summed E-state index contributed by atoms with van der Waals surface area (Å²) in [6, 6.07) is 7.15. The van der Waals surface area contributed by atoms with Crippen molar-refractivity contribution in [2.45, 2.75) is 0 Å². The molecule has 0 amide bonds. The topological polar surface area (TPSA) is 29.0 Å². The molecule has 0 bridgehead atoms. The number of aromatic hydroxyl groups is 1. The maximum atomic E-state index is 9.26. The second-order valence-corrected chi connectivity index (χ2v) is 3.01. The molecular weight excluding hydrogens is 164 g/mol. The fourth-order valence-corrected chi connectivity index (χ4v) is 1.26. The Kier molecular flexibility index (Phi) is 1.77. The minimum Gasteiger partial charge on any atom is -0.508 e. The SMILES string of the molecule is C[n+]1ccn(-c2cccc(O)c2)c1. The van der Waals surface area contributed by atoms with Crippen molar-refractivity contribution < 1.29 is 9.67 Å². The van der Waals surface area contributed by atoms with Crippen LogP contribution in [0.5, 0.6) is 5.75 Å². The van der Waals surface area contributed by atoms with E-state index in [1.54, 1.807) is 12.1 Å². The quantitative estimate of drug-likeness (QED) is 0.644. The van der Waals surface area contributed by atoms with Gasteiger partial charge in [-0.2, -0.15) is 0 Å². The van der Waals surface area contributed by atoms with Crippen molar-refractivity contribution in [1.29, 1.82) is 0 Å². The van der Waals surface area contributed by atoms with Crippen LogP contribution in [-0.2, 0) is 7.05 Å². The number of benzene rings is 1. The van der Waals surface area contributed by atoms with Gasteiger partial charge in [0.1, 0.15) is 23.8 Å².